The maximum absolute atomic E-state index is 12.3. The minimum Gasteiger partial charge on any atom is -0.496 e. The number of halogens is 1. The molecule has 4 rings (SSSR count). The standard InChI is InChI=1S/C24H29ClN4O3/c1-16-12-21(31-5)18(14-19(16)25)20-15-29-7-6-17(13-22(29)26-20)27-8-10-28(11-9-27)23(30)32-24(2,3)4/h6-7,12-15H,8-11H2,1-5H3. The van der Waals surface area contributed by atoms with Gasteiger partial charge in [0.05, 0.1) is 12.8 Å². The van der Waals surface area contributed by atoms with E-state index in [-0.39, 0.29) is 6.09 Å². The van der Waals surface area contributed by atoms with Crippen LogP contribution in [0.15, 0.2) is 36.7 Å². The molecule has 1 fully saturated rings. The lowest BCUT2D eigenvalue weighted by Gasteiger charge is -2.36. The summed E-state index contributed by atoms with van der Waals surface area (Å²) in [5, 5.41) is 0.682. The molecule has 0 radical (unpaired) electrons. The number of methoxy groups -OCH3 is 1. The number of aromatic nitrogens is 2. The minimum absolute atomic E-state index is 0.254. The van der Waals surface area contributed by atoms with Crippen LogP contribution in [0, 0.1) is 6.92 Å². The topological polar surface area (TPSA) is 59.3 Å². The van der Waals surface area contributed by atoms with E-state index in [0.717, 1.165) is 47.0 Å². The number of hydrogen-bond donors (Lipinski definition) is 0. The number of fused-ring (bicyclic) bond motifs is 1. The molecule has 1 amide bonds. The van der Waals surface area contributed by atoms with Gasteiger partial charge in [-0.1, -0.05) is 11.6 Å². The zero-order valence-corrected chi connectivity index (χ0v) is 19.9. The Kier molecular flexibility index (Phi) is 5.95. The van der Waals surface area contributed by atoms with Crippen LogP contribution in [-0.4, -0.2) is 59.3 Å². The van der Waals surface area contributed by atoms with E-state index in [9.17, 15) is 4.79 Å². The van der Waals surface area contributed by atoms with Gasteiger partial charge >= 0.3 is 6.09 Å². The van der Waals surface area contributed by atoms with Gasteiger partial charge in [0.25, 0.3) is 0 Å². The zero-order valence-electron chi connectivity index (χ0n) is 19.2. The minimum atomic E-state index is -0.484. The SMILES string of the molecule is COc1cc(C)c(Cl)cc1-c1cn2ccc(N3CCN(C(=O)OC(C)(C)C)CC3)cc2n1. The summed E-state index contributed by atoms with van der Waals surface area (Å²) < 4.78 is 13.0. The smallest absolute Gasteiger partial charge is 0.410 e. The van der Waals surface area contributed by atoms with Gasteiger partial charge in [0.15, 0.2) is 0 Å². The Balaban J connectivity index is 1.52. The largest absolute Gasteiger partial charge is 0.496 e. The first-order valence-corrected chi connectivity index (χ1v) is 11.1. The van der Waals surface area contributed by atoms with Gasteiger partial charge in [-0.2, -0.15) is 0 Å². The van der Waals surface area contributed by atoms with Gasteiger partial charge in [-0.25, -0.2) is 9.78 Å². The first-order chi connectivity index (χ1) is 15.1. The molecule has 3 heterocycles. The van der Waals surface area contributed by atoms with Crippen molar-refractivity contribution in [1.29, 1.82) is 0 Å². The van der Waals surface area contributed by atoms with Crippen molar-refractivity contribution < 1.29 is 14.3 Å². The molecule has 7 nitrogen and oxygen atoms in total. The van der Waals surface area contributed by atoms with Gasteiger partial charge in [-0.3, -0.25) is 0 Å². The average molecular weight is 457 g/mol. The molecule has 1 saturated heterocycles. The van der Waals surface area contributed by atoms with E-state index in [1.807, 2.05) is 56.6 Å². The number of ether oxygens (including phenoxy) is 2. The van der Waals surface area contributed by atoms with E-state index >= 15 is 0 Å². The fraction of sp³-hybridized carbons (Fsp3) is 0.417. The number of aryl methyl sites for hydroxylation is 1. The normalized spacial score (nSPS) is 14.7. The first-order valence-electron chi connectivity index (χ1n) is 10.7. The van der Waals surface area contributed by atoms with Gasteiger partial charge < -0.3 is 23.7 Å². The third kappa shape index (κ3) is 4.63. The van der Waals surface area contributed by atoms with E-state index < -0.39 is 5.60 Å². The summed E-state index contributed by atoms with van der Waals surface area (Å²) in [6, 6.07) is 7.96. The summed E-state index contributed by atoms with van der Waals surface area (Å²) in [5.41, 5.74) is 4.05. The van der Waals surface area contributed by atoms with E-state index in [0.29, 0.717) is 18.1 Å². The highest BCUT2D eigenvalue weighted by Gasteiger charge is 2.26. The predicted octanol–water partition coefficient (Wildman–Crippen LogP) is 5.03. The molecule has 0 aliphatic carbocycles. The molecule has 1 aliphatic heterocycles. The predicted molar refractivity (Wildman–Crippen MR) is 127 cm³/mol. The number of nitrogens with zero attached hydrogens (tertiary/aromatic N) is 4. The number of imidazole rings is 1. The van der Waals surface area contributed by atoms with Crippen molar-refractivity contribution in [2.24, 2.45) is 0 Å². The van der Waals surface area contributed by atoms with Crippen LogP contribution < -0.4 is 9.64 Å². The summed E-state index contributed by atoms with van der Waals surface area (Å²) in [4.78, 5) is 21.2. The quantitative estimate of drug-likeness (QED) is 0.553. The van der Waals surface area contributed by atoms with Gasteiger partial charge in [0.1, 0.15) is 17.0 Å². The second-order valence-corrected chi connectivity index (χ2v) is 9.44. The maximum Gasteiger partial charge on any atom is 0.410 e. The number of benzene rings is 1. The van der Waals surface area contributed by atoms with E-state index in [1.54, 1.807) is 12.0 Å². The molecule has 0 unspecified atom stereocenters. The van der Waals surface area contributed by atoms with Crippen molar-refractivity contribution in [2.75, 3.05) is 38.2 Å². The summed E-state index contributed by atoms with van der Waals surface area (Å²) >= 11 is 6.35. The fourth-order valence-corrected chi connectivity index (χ4v) is 3.96. The second kappa shape index (κ2) is 8.54. The first kappa shape index (κ1) is 22.3. The van der Waals surface area contributed by atoms with Crippen LogP contribution in [0.4, 0.5) is 10.5 Å². The van der Waals surface area contributed by atoms with Crippen molar-refractivity contribution in [3.63, 3.8) is 0 Å². The fourth-order valence-electron chi connectivity index (χ4n) is 3.80. The average Bonchev–Trinajstić information content (AvgIpc) is 3.17. The Morgan fingerprint density at radius 2 is 1.84 bits per heavy atom. The molecule has 170 valence electrons. The van der Waals surface area contributed by atoms with Crippen LogP contribution in [-0.2, 0) is 4.74 Å². The molecule has 0 atom stereocenters. The molecule has 0 spiro atoms. The lowest BCUT2D eigenvalue weighted by Crippen LogP contribution is -2.50. The Labute approximate surface area is 193 Å². The number of rotatable bonds is 3. The van der Waals surface area contributed by atoms with Crippen LogP contribution >= 0.6 is 11.6 Å². The summed E-state index contributed by atoms with van der Waals surface area (Å²) in [6.07, 6.45) is 3.73. The molecular weight excluding hydrogens is 428 g/mol. The number of carbonyl (C=O) groups is 1. The van der Waals surface area contributed by atoms with Crippen molar-refractivity contribution in [3.05, 3.63) is 47.2 Å². The molecular formula is C24H29ClN4O3. The third-order valence-corrected chi connectivity index (χ3v) is 5.90. The molecule has 0 bridgehead atoms. The van der Waals surface area contributed by atoms with Crippen LogP contribution in [0.1, 0.15) is 26.3 Å². The third-order valence-electron chi connectivity index (χ3n) is 5.50. The number of piperazine rings is 1. The van der Waals surface area contributed by atoms with Crippen molar-refractivity contribution in [1.82, 2.24) is 14.3 Å². The number of anilines is 1. The second-order valence-electron chi connectivity index (χ2n) is 9.03. The Hall–Kier alpha value is -2.93. The van der Waals surface area contributed by atoms with Crippen molar-refractivity contribution >= 4 is 29.0 Å². The highest BCUT2D eigenvalue weighted by molar-refractivity contribution is 6.31. The van der Waals surface area contributed by atoms with Crippen LogP contribution in [0.3, 0.4) is 0 Å². The van der Waals surface area contributed by atoms with Crippen LogP contribution in [0.2, 0.25) is 5.02 Å². The lowest BCUT2D eigenvalue weighted by atomic mass is 10.1. The van der Waals surface area contributed by atoms with Gasteiger partial charge in [-0.15, -0.1) is 0 Å². The van der Waals surface area contributed by atoms with E-state index in [2.05, 4.69) is 17.0 Å². The molecule has 2 aromatic heterocycles. The molecule has 1 aliphatic rings. The maximum atomic E-state index is 12.3. The van der Waals surface area contributed by atoms with E-state index in [1.165, 1.54) is 0 Å². The molecule has 8 heteroatoms. The zero-order chi connectivity index (χ0) is 23.0. The molecule has 1 aromatic carbocycles. The number of hydrogen-bond acceptors (Lipinski definition) is 5. The van der Waals surface area contributed by atoms with Crippen molar-refractivity contribution in [2.45, 2.75) is 33.3 Å². The van der Waals surface area contributed by atoms with Crippen LogP contribution in [0.25, 0.3) is 16.9 Å². The Bertz CT molecular complexity index is 1140. The number of carbonyl (C=O) groups excluding carboxylic acids is 1. The summed E-state index contributed by atoms with van der Waals surface area (Å²) in [6.45, 7) is 10.3. The van der Waals surface area contributed by atoms with Gasteiger partial charge in [-0.05, 0) is 51.5 Å². The Morgan fingerprint density at radius 3 is 2.50 bits per heavy atom. The van der Waals surface area contributed by atoms with Crippen molar-refractivity contribution in [3.8, 4) is 17.0 Å². The monoisotopic (exact) mass is 456 g/mol. The molecule has 0 saturated carbocycles. The summed E-state index contributed by atoms with van der Waals surface area (Å²) in [7, 11) is 1.65. The van der Waals surface area contributed by atoms with E-state index in [4.69, 9.17) is 26.1 Å². The molecule has 3 aromatic rings. The highest BCUT2D eigenvalue weighted by atomic mass is 35.5. The number of amides is 1. The highest BCUT2D eigenvalue weighted by Crippen LogP contribution is 2.34. The Morgan fingerprint density at radius 1 is 1.12 bits per heavy atom. The van der Waals surface area contributed by atoms with Gasteiger partial charge in [0, 0.05) is 60.9 Å². The van der Waals surface area contributed by atoms with Gasteiger partial charge in [0.2, 0.25) is 0 Å². The number of pyridine rings is 1. The molecule has 0 N–H and O–H groups in total. The molecule has 32 heavy (non-hydrogen) atoms. The summed E-state index contributed by atoms with van der Waals surface area (Å²) in [5.74, 6) is 0.744. The van der Waals surface area contributed by atoms with Crippen LogP contribution in [0.5, 0.6) is 5.75 Å². The lowest BCUT2D eigenvalue weighted by molar-refractivity contribution is 0.0240.